The van der Waals surface area contributed by atoms with Gasteiger partial charge in [-0.3, -0.25) is 0 Å². The summed E-state index contributed by atoms with van der Waals surface area (Å²) in [5.74, 6) is 0.516. The fourth-order valence-corrected chi connectivity index (χ4v) is 2.15. The molecule has 0 amide bonds. The van der Waals surface area contributed by atoms with Gasteiger partial charge in [0.1, 0.15) is 5.75 Å². The summed E-state index contributed by atoms with van der Waals surface area (Å²) >= 11 is 0. The summed E-state index contributed by atoms with van der Waals surface area (Å²) in [4.78, 5) is 12.0. The topological polar surface area (TPSA) is 47.6 Å². The van der Waals surface area contributed by atoms with Gasteiger partial charge in [-0.25, -0.2) is 4.79 Å². The molecule has 0 aliphatic carbocycles. The van der Waals surface area contributed by atoms with Crippen molar-refractivity contribution in [2.75, 3.05) is 13.2 Å². The molecule has 1 aromatic carbocycles. The van der Waals surface area contributed by atoms with E-state index in [9.17, 15) is 4.79 Å². The number of hydrogen-bond donors (Lipinski definition) is 1. The normalized spacial score (nSPS) is 12.0. The highest BCUT2D eigenvalue weighted by Gasteiger charge is 2.22. The van der Waals surface area contributed by atoms with Crippen LogP contribution in [-0.2, 0) is 16.1 Å². The van der Waals surface area contributed by atoms with E-state index in [1.165, 1.54) is 0 Å². The molecule has 0 aromatic heterocycles. The number of hydrogen-bond acceptors (Lipinski definition) is 4. The van der Waals surface area contributed by atoms with Crippen LogP contribution >= 0.6 is 0 Å². The molecule has 0 radical (unpaired) electrons. The van der Waals surface area contributed by atoms with Crippen molar-refractivity contribution in [2.24, 2.45) is 0 Å². The fourth-order valence-electron chi connectivity index (χ4n) is 2.15. The third-order valence-corrected chi connectivity index (χ3v) is 3.22. The lowest BCUT2D eigenvalue weighted by Gasteiger charge is -2.21. The first-order valence-corrected chi connectivity index (χ1v) is 7.76. The summed E-state index contributed by atoms with van der Waals surface area (Å²) in [6, 6.07) is 6.03. The minimum atomic E-state index is -0.531. The lowest BCUT2D eigenvalue weighted by Crippen LogP contribution is -2.30. The van der Waals surface area contributed by atoms with E-state index in [0.29, 0.717) is 13.0 Å². The van der Waals surface area contributed by atoms with Crippen molar-refractivity contribution in [1.82, 2.24) is 5.32 Å². The van der Waals surface area contributed by atoms with Gasteiger partial charge in [-0.05, 0) is 32.4 Å². The minimum Gasteiger partial charge on any atom is -0.478 e. The second kappa shape index (κ2) is 9.40. The SMILES string of the molecule is CCCC(Oc1c(C)cccc1CNCC)C(=O)OCC. The summed E-state index contributed by atoms with van der Waals surface area (Å²) < 4.78 is 11.1. The Bertz CT molecular complexity index is 446. The maximum absolute atomic E-state index is 12.0. The molecule has 0 saturated heterocycles. The Morgan fingerprint density at radius 3 is 2.67 bits per heavy atom. The van der Waals surface area contributed by atoms with Crippen molar-refractivity contribution in [3.05, 3.63) is 29.3 Å². The van der Waals surface area contributed by atoms with E-state index in [1.54, 1.807) is 0 Å². The standard InChI is InChI=1S/C17H27NO3/c1-5-9-15(17(19)20-7-3)21-16-13(4)10-8-11-14(16)12-18-6-2/h8,10-11,15,18H,5-7,9,12H2,1-4H3. The largest absolute Gasteiger partial charge is 0.478 e. The predicted octanol–water partition coefficient (Wildman–Crippen LogP) is 3.22. The summed E-state index contributed by atoms with van der Waals surface area (Å²) in [7, 11) is 0. The number of carbonyl (C=O) groups is 1. The zero-order valence-corrected chi connectivity index (χ0v) is 13.6. The van der Waals surface area contributed by atoms with Crippen LogP contribution < -0.4 is 10.1 Å². The Labute approximate surface area is 127 Å². The Hall–Kier alpha value is -1.55. The van der Waals surface area contributed by atoms with Crippen LogP contribution in [0, 0.1) is 6.92 Å². The molecule has 0 saturated carbocycles. The van der Waals surface area contributed by atoms with E-state index < -0.39 is 6.10 Å². The van der Waals surface area contributed by atoms with Crippen LogP contribution in [0.25, 0.3) is 0 Å². The van der Waals surface area contributed by atoms with Crippen molar-refractivity contribution >= 4 is 5.97 Å². The summed E-state index contributed by atoms with van der Waals surface area (Å²) in [5, 5.41) is 3.30. The molecule has 1 rings (SSSR count). The summed E-state index contributed by atoms with van der Waals surface area (Å²) in [6.45, 7) is 9.91. The highest BCUT2D eigenvalue weighted by molar-refractivity contribution is 5.75. The Morgan fingerprint density at radius 1 is 1.29 bits per heavy atom. The van der Waals surface area contributed by atoms with Crippen LogP contribution in [0.5, 0.6) is 5.75 Å². The zero-order chi connectivity index (χ0) is 15.7. The highest BCUT2D eigenvalue weighted by Crippen LogP contribution is 2.25. The average Bonchev–Trinajstić information content (AvgIpc) is 2.47. The second-order valence-corrected chi connectivity index (χ2v) is 4.99. The molecular weight excluding hydrogens is 266 g/mol. The number of nitrogens with one attached hydrogen (secondary N) is 1. The molecule has 118 valence electrons. The third-order valence-electron chi connectivity index (χ3n) is 3.22. The van der Waals surface area contributed by atoms with Gasteiger partial charge in [-0.15, -0.1) is 0 Å². The van der Waals surface area contributed by atoms with Gasteiger partial charge in [0, 0.05) is 12.1 Å². The van der Waals surface area contributed by atoms with Gasteiger partial charge in [-0.1, -0.05) is 38.5 Å². The number of benzene rings is 1. The van der Waals surface area contributed by atoms with Gasteiger partial charge in [0.2, 0.25) is 0 Å². The second-order valence-electron chi connectivity index (χ2n) is 4.99. The van der Waals surface area contributed by atoms with Gasteiger partial charge < -0.3 is 14.8 Å². The van der Waals surface area contributed by atoms with Crippen LogP contribution in [0.1, 0.15) is 44.7 Å². The van der Waals surface area contributed by atoms with E-state index in [0.717, 1.165) is 36.4 Å². The molecule has 21 heavy (non-hydrogen) atoms. The summed E-state index contributed by atoms with van der Waals surface area (Å²) in [6.07, 6.45) is 1.00. The molecule has 0 heterocycles. The van der Waals surface area contributed by atoms with Gasteiger partial charge >= 0.3 is 5.97 Å². The molecule has 0 fully saturated rings. The van der Waals surface area contributed by atoms with E-state index in [2.05, 4.69) is 12.2 Å². The molecule has 1 unspecified atom stereocenters. The monoisotopic (exact) mass is 293 g/mol. The van der Waals surface area contributed by atoms with Crippen LogP contribution in [0.4, 0.5) is 0 Å². The molecule has 0 aliphatic rings. The minimum absolute atomic E-state index is 0.281. The van der Waals surface area contributed by atoms with E-state index in [-0.39, 0.29) is 5.97 Å². The molecule has 0 spiro atoms. The van der Waals surface area contributed by atoms with Gasteiger partial charge in [-0.2, -0.15) is 0 Å². The van der Waals surface area contributed by atoms with Crippen molar-refractivity contribution in [1.29, 1.82) is 0 Å². The molecule has 1 N–H and O–H groups in total. The van der Waals surface area contributed by atoms with E-state index in [4.69, 9.17) is 9.47 Å². The molecule has 4 nitrogen and oxygen atoms in total. The van der Waals surface area contributed by atoms with Crippen molar-refractivity contribution in [3.63, 3.8) is 0 Å². The first kappa shape index (κ1) is 17.5. The number of para-hydroxylation sites is 1. The lowest BCUT2D eigenvalue weighted by molar-refractivity contribution is -0.151. The summed E-state index contributed by atoms with van der Waals surface area (Å²) in [5.41, 5.74) is 2.11. The predicted molar refractivity (Wildman–Crippen MR) is 84.5 cm³/mol. The maximum atomic E-state index is 12.0. The molecule has 4 heteroatoms. The Morgan fingerprint density at radius 2 is 2.05 bits per heavy atom. The zero-order valence-electron chi connectivity index (χ0n) is 13.6. The quantitative estimate of drug-likeness (QED) is 0.710. The van der Waals surface area contributed by atoms with E-state index in [1.807, 2.05) is 39.0 Å². The molecular formula is C17H27NO3. The molecule has 1 aromatic rings. The first-order valence-electron chi connectivity index (χ1n) is 7.76. The van der Waals surface area contributed by atoms with Crippen molar-refractivity contribution in [3.8, 4) is 5.75 Å². The Kier molecular flexibility index (Phi) is 7.83. The van der Waals surface area contributed by atoms with Crippen molar-refractivity contribution in [2.45, 2.75) is 53.2 Å². The van der Waals surface area contributed by atoms with Crippen molar-refractivity contribution < 1.29 is 14.3 Å². The number of carbonyl (C=O) groups excluding carboxylic acids is 1. The van der Waals surface area contributed by atoms with Crippen LogP contribution in [0.15, 0.2) is 18.2 Å². The third kappa shape index (κ3) is 5.38. The first-order chi connectivity index (χ1) is 10.1. The van der Waals surface area contributed by atoms with Crippen LogP contribution in [0.3, 0.4) is 0 Å². The van der Waals surface area contributed by atoms with Crippen LogP contribution in [-0.4, -0.2) is 25.2 Å². The maximum Gasteiger partial charge on any atom is 0.347 e. The van der Waals surface area contributed by atoms with Gasteiger partial charge in [0.25, 0.3) is 0 Å². The Balaban J connectivity index is 2.93. The van der Waals surface area contributed by atoms with E-state index >= 15 is 0 Å². The molecule has 0 bridgehead atoms. The molecule has 0 aliphatic heterocycles. The molecule has 1 atom stereocenters. The average molecular weight is 293 g/mol. The van der Waals surface area contributed by atoms with Gasteiger partial charge in [0.15, 0.2) is 6.10 Å². The lowest BCUT2D eigenvalue weighted by atomic mass is 10.1. The number of aryl methyl sites for hydroxylation is 1. The van der Waals surface area contributed by atoms with Crippen LogP contribution in [0.2, 0.25) is 0 Å². The highest BCUT2D eigenvalue weighted by atomic mass is 16.6. The van der Waals surface area contributed by atoms with Gasteiger partial charge in [0.05, 0.1) is 6.61 Å². The number of ether oxygens (including phenoxy) is 2. The number of rotatable bonds is 9. The number of esters is 1. The smallest absolute Gasteiger partial charge is 0.347 e. The fraction of sp³-hybridized carbons (Fsp3) is 0.588.